The van der Waals surface area contributed by atoms with Gasteiger partial charge in [-0.3, -0.25) is 10.1 Å². The number of aromatic nitrogens is 2. The molecular weight excluding hydrogens is 252 g/mol. The third kappa shape index (κ3) is 2.26. The van der Waals surface area contributed by atoms with Crippen molar-refractivity contribution >= 4 is 29.1 Å². The van der Waals surface area contributed by atoms with Crippen LogP contribution in [0.5, 0.6) is 5.88 Å². The molecule has 2 rings (SSSR count). The van der Waals surface area contributed by atoms with E-state index in [1.165, 1.54) is 7.11 Å². The van der Waals surface area contributed by atoms with Crippen molar-refractivity contribution in [3.8, 4) is 5.88 Å². The lowest BCUT2D eigenvalue weighted by molar-refractivity contribution is -0.118. The summed E-state index contributed by atoms with van der Waals surface area (Å²) in [5, 5.41) is 2.63. The number of amides is 1. The zero-order chi connectivity index (χ0) is 13.3. The van der Waals surface area contributed by atoms with Gasteiger partial charge in [0.25, 0.3) is 0 Å². The fourth-order valence-electron chi connectivity index (χ4n) is 1.63. The lowest BCUT2D eigenvalue weighted by atomic mass is 10.1. The van der Waals surface area contributed by atoms with Crippen molar-refractivity contribution in [1.29, 1.82) is 0 Å². The van der Waals surface area contributed by atoms with Crippen LogP contribution >= 0.6 is 12.2 Å². The van der Waals surface area contributed by atoms with Crippen LogP contribution in [-0.4, -0.2) is 28.0 Å². The number of nitrogens with zero attached hydrogens (tertiary/aromatic N) is 2. The molecule has 0 bridgehead atoms. The van der Waals surface area contributed by atoms with E-state index in [-0.39, 0.29) is 16.8 Å². The number of nitrogens with one attached hydrogen (secondary N) is 1. The number of hydrogen-bond acceptors (Lipinski definition) is 5. The van der Waals surface area contributed by atoms with E-state index in [1.54, 1.807) is 13.0 Å². The van der Waals surface area contributed by atoms with Gasteiger partial charge in [0.1, 0.15) is 0 Å². The van der Waals surface area contributed by atoms with Crippen molar-refractivity contribution in [2.45, 2.75) is 19.8 Å². The molecule has 0 unspecified atom stereocenters. The monoisotopic (exact) mass is 266 g/mol. The predicted molar refractivity (Wildman–Crippen MR) is 70.4 cm³/mol. The van der Waals surface area contributed by atoms with E-state index in [1.807, 2.05) is 0 Å². The summed E-state index contributed by atoms with van der Waals surface area (Å²) in [5.41, 5.74) is 5.57. The minimum absolute atomic E-state index is 0.208. The van der Waals surface area contributed by atoms with Crippen LogP contribution in [0.15, 0.2) is 6.07 Å². The van der Waals surface area contributed by atoms with Gasteiger partial charge in [0.05, 0.1) is 17.5 Å². The summed E-state index contributed by atoms with van der Waals surface area (Å²) in [7, 11) is 1.50. The minimum atomic E-state index is -0.713. The standard InChI is InChI=1S/C11H14N4O2S/c1-6-5-7(17-2)14-10(13-6)15-9(16)11(3-4-11)8(12)18/h5H,3-4H2,1-2H3,(H2,12,18)(H,13,14,15,16). The number of carbonyl (C=O) groups is 1. The predicted octanol–water partition coefficient (Wildman–Crippen LogP) is 0.798. The minimum Gasteiger partial charge on any atom is -0.481 e. The second-order valence-electron chi connectivity index (χ2n) is 4.28. The molecule has 1 amide bonds. The van der Waals surface area contributed by atoms with Crippen LogP contribution < -0.4 is 15.8 Å². The number of methoxy groups -OCH3 is 1. The molecule has 6 nitrogen and oxygen atoms in total. The highest BCUT2D eigenvalue weighted by molar-refractivity contribution is 7.80. The summed E-state index contributed by atoms with van der Waals surface area (Å²) in [6, 6.07) is 1.68. The van der Waals surface area contributed by atoms with Crippen molar-refractivity contribution in [2.75, 3.05) is 12.4 Å². The molecule has 1 aliphatic carbocycles. The lowest BCUT2D eigenvalue weighted by Crippen LogP contribution is -2.35. The first-order valence-electron chi connectivity index (χ1n) is 5.49. The van der Waals surface area contributed by atoms with Crippen LogP contribution in [0.25, 0.3) is 0 Å². The van der Waals surface area contributed by atoms with Crippen molar-refractivity contribution in [2.24, 2.45) is 11.1 Å². The van der Waals surface area contributed by atoms with Gasteiger partial charge in [-0.1, -0.05) is 12.2 Å². The quantitative estimate of drug-likeness (QED) is 0.783. The van der Waals surface area contributed by atoms with Gasteiger partial charge in [-0.15, -0.1) is 0 Å². The first-order chi connectivity index (χ1) is 8.48. The summed E-state index contributed by atoms with van der Waals surface area (Å²) in [6.45, 7) is 1.79. The van der Waals surface area contributed by atoms with Crippen LogP contribution in [0.2, 0.25) is 0 Å². The summed E-state index contributed by atoms with van der Waals surface area (Å²) < 4.78 is 5.01. The fraction of sp³-hybridized carbons (Fsp3) is 0.455. The third-order valence-corrected chi connectivity index (χ3v) is 3.31. The Morgan fingerprint density at radius 3 is 2.72 bits per heavy atom. The molecular formula is C11H14N4O2S. The van der Waals surface area contributed by atoms with Crippen LogP contribution in [0.4, 0.5) is 5.95 Å². The smallest absolute Gasteiger partial charge is 0.239 e. The number of thiocarbonyl (C=S) groups is 1. The normalized spacial score (nSPS) is 15.9. The highest BCUT2D eigenvalue weighted by atomic mass is 32.1. The van der Waals surface area contributed by atoms with Crippen molar-refractivity contribution < 1.29 is 9.53 Å². The van der Waals surface area contributed by atoms with E-state index in [0.717, 1.165) is 0 Å². The van der Waals surface area contributed by atoms with Crippen LogP contribution in [-0.2, 0) is 4.79 Å². The molecule has 1 saturated carbocycles. The summed E-state index contributed by atoms with van der Waals surface area (Å²) in [5.74, 6) is 0.361. The Morgan fingerprint density at radius 2 is 2.22 bits per heavy atom. The van der Waals surface area contributed by atoms with Crippen LogP contribution in [0, 0.1) is 12.3 Å². The first kappa shape index (κ1) is 12.7. The molecule has 3 N–H and O–H groups in total. The number of anilines is 1. The molecule has 0 aliphatic heterocycles. The van der Waals surface area contributed by atoms with E-state index in [2.05, 4.69) is 15.3 Å². The summed E-state index contributed by atoms with van der Waals surface area (Å²) in [4.78, 5) is 20.4. The van der Waals surface area contributed by atoms with Gasteiger partial charge in [0.2, 0.25) is 17.7 Å². The highest BCUT2D eigenvalue weighted by Crippen LogP contribution is 2.46. The fourth-order valence-corrected chi connectivity index (χ4v) is 1.93. The molecule has 7 heteroatoms. The highest BCUT2D eigenvalue weighted by Gasteiger charge is 2.53. The Bertz CT molecular complexity index is 514. The number of ether oxygens (including phenoxy) is 1. The largest absolute Gasteiger partial charge is 0.481 e. The zero-order valence-corrected chi connectivity index (χ0v) is 11.0. The Balaban J connectivity index is 2.17. The Labute approximate surface area is 110 Å². The second-order valence-corrected chi connectivity index (χ2v) is 4.72. The van der Waals surface area contributed by atoms with E-state index < -0.39 is 5.41 Å². The molecule has 18 heavy (non-hydrogen) atoms. The number of hydrogen-bond donors (Lipinski definition) is 2. The molecule has 1 fully saturated rings. The van der Waals surface area contributed by atoms with E-state index >= 15 is 0 Å². The molecule has 0 spiro atoms. The van der Waals surface area contributed by atoms with Crippen LogP contribution in [0.3, 0.4) is 0 Å². The lowest BCUT2D eigenvalue weighted by Gasteiger charge is -2.13. The van der Waals surface area contributed by atoms with E-state index in [9.17, 15) is 4.79 Å². The van der Waals surface area contributed by atoms with Gasteiger partial charge in [-0.25, -0.2) is 4.98 Å². The molecule has 0 atom stereocenters. The van der Waals surface area contributed by atoms with Gasteiger partial charge < -0.3 is 10.5 Å². The molecule has 1 aliphatic rings. The summed E-state index contributed by atoms with van der Waals surface area (Å²) >= 11 is 4.91. The van der Waals surface area contributed by atoms with Crippen molar-refractivity contribution in [1.82, 2.24) is 9.97 Å². The topological polar surface area (TPSA) is 90.1 Å². The molecule has 0 radical (unpaired) electrons. The maximum Gasteiger partial charge on any atom is 0.239 e. The molecule has 0 saturated heterocycles. The van der Waals surface area contributed by atoms with Gasteiger partial charge >= 0.3 is 0 Å². The average molecular weight is 266 g/mol. The SMILES string of the molecule is COc1cc(C)nc(NC(=O)C2(C(N)=S)CC2)n1. The van der Waals surface area contributed by atoms with Gasteiger partial charge in [-0.05, 0) is 19.8 Å². The Hall–Kier alpha value is -1.76. The van der Waals surface area contributed by atoms with E-state index in [4.69, 9.17) is 22.7 Å². The van der Waals surface area contributed by atoms with Gasteiger partial charge in [-0.2, -0.15) is 4.98 Å². The maximum absolute atomic E-state index is 12.0. The molecule has 1 heterocycles. The van der Waals surface area contributed by atoms with Crippen LogP contribution in [0.1, 0.15) is 18.5 Å². The number of nitrogens with two attached hydrogens (primary N) is 1. The summed E-state index contributed by atoms with van der Waals surface area (Å²) in [6.07, 6.45) is 1.36. The van der Waals surface area contributed by atoms with Crippen molar-refractivity contribution in [3.05, 3.63) is 11.8 Å². The Morgan fingerprint density at radius 1 is 1.56 bits per heavy atom. The molecule has 0 aromatic carbocycles. The molecule has 1 aromatic rings. The van der Waals surface area contributed by atoms with E-state index in [0.29, 0.717) is 24.4 Å². The second kappa shape index (κ2) is 4.49. The zero-order valence-electron chi connectivity index (χ0n) is 10.2. The first-order valence-corrected chi connectivity index (χ1v) is 5.90. The number of rotatable bonds is 4. The maximum atomic E-state index is 12.0. The average Bonchev–Trinajstić information content (AvgIpc) is 3.09. The van der Waals surface area contributed by atoms with Gasteiger partial charge in [0, 0.05) is 11.8 Å². The third-order valence-electron chi connectivity index (χ3n) is 2.92. The number of carbonyl (C=O) groups excluding carboxylic acids is 1. The Kier molecular flexibility index (Phi) is 3.16. The number of aryl methyl sites for hydroxylation is 1. The molecule has 96 valence electrons. The van der Waals surface area contributed by atoms with Crippen molar-refractivity contribution in [3.63, 3.8) is 0 Å². The molecule has 1 aromatic heterocycles. The van der Waals surface area contributed by atoms with Gasteiger partial charge in [0.15, 0.2) is 0 Å².